The monoisotopic (exact) mass is 433 g/mol. The zero-order valence-corrected chi connectivity index (χ0v) is 16.6. The van der Waals surface area contributed by atoms with Crippen LogP contribution in [0.15, 0.2) is 52.6 Å². The summed E-state index contributed by atoms with van der Waals surface area (Å²) in [6.07, 6.45) is 1.36. The summed E-state index contributed by atoms with van der Waals surface area (Å²) in [4.78, 5) is 22.5. The van der Waals surface area contributed by atoms with E-state index in [2.05, 4.69) is 21.2 Å². The standard InChI is InChI=1S/C20H20BrNO5/c1-3-26-18-11-15(10-17(20(24)25)22-13(2)23)9-16(21)19(18)27-12-14-7-5-4-6-8-14/h4-11H,3,12H2,1-2H3,(H,22,23)(H,24,25). The van der Waals surface area contributed by atoms with Gasteiger partial charge in [0.1, 0.15) is 12.3 Å². The van der Waals surface area contributed by atoms with Crippen LogP contribution >= 0.6 is 15.9 Å². The number of amides is 1. The van der Waals surface area contributed by atoms with Crippen LogP contribution in [0.3, 0.4) is 0 Å². The minimum atomic E-state index is -1.23. The fourth-order valence-corrected chi connectivity index (χ4v) is 2.89. The average molecular weight is 434 g/mol. The lowest BCUT2D eigenvalue weighted by Crippen LogP contribution is -2.24. The van der Waals surface area contributed by atoms with E-state index < -0.39 is 11.9 Å². The van der Waals surface area contributed by atoms with Crippen molar-refractivity contribution in [2.45, 2.75) is 20.5 Å². The lowest BCUT2D eigenvalue weighted by atomic mass is 10.1. The second kappa shape index (κ2) is 9.78. The highest BCUT2D eigenvalue weighted by atomic mass is 79.9. The van der Waals surface area contributed by atoms with Crippen LogP contribution in [0, 0.1) is 0 Å². The first-order valence-electron chi connectivity index (χ1n) is 8.26. The van der Waals surface area contributed by atoms with Gasteiger partial charge in [-0.15, -0.1) is 0 Å². The van der Waals surface area contributed by atoms with E-state index in [0.29, 0.717) is 34.7 Å². The van der Waals surface area contributed by atoms with E-state index >= 15 is 0 Å². The topological polar surface area (TPSA) is 84.9 Å². The van der Waals surface area contributed by atoms with Crippen LogP contribution in [0.4, 0.5) is 0 Å². The highest BCUT2D eigenvalue weighted by Gasteiger charge is 2.14. The van der Waals surface area contributed by atoms with Crippen LogP contribution in [-0.4, -0.2) is 23.6 Å². The van der Waals surface area contributed by atoms with Crippen molar-refractivity contribution >= 4 is 33.9 Å². The van der Waals surface area contributed by atoms with Crippen molar-refractivity contribution in [2.24, 2.45) is 0 Å². The molecule has 0 aliphatic carbocycles. The fourth-order valence-electron chi connectivity index (χ4n) is 2.31. The number of benzene rings is 2. The molecule has 0 radical (unpaired) electrons. The number of hydrogen-bond donors (Lipinski definition) is 2. The highest BCUT2D eigenvalue weighted by Crippen LogP contribution is 2.38. The van der Waals surface area contributed by atoms with Gasteiger partial charge < -0.3 is 19.9 Å². The number of carboxylic acid groups (broad SMARTS) is 1. The van der Waals surface area contributed by atoms with Crippen molar-refractivity contribution in [3.05, 3.63) is 63.8 Å². The molecular formula is C20H20BrNO5. The molecule has 0 atom stereocenters. The molecule has 0 saturated carbocycles. The SMILES string of the molecule is CCOc1cc(C=C(NC(C)=O)C(=O)O)cc(Br)c1OCc1ccccc1. The van der Waals surface area contributed by atoms with Gasteiger partial charge in [-0.05, 0) is 52.2 Å². The van der Waals surface area contributed by atoms with Crippen molar-refractivity contribution in [1.82, 2.24) is 5.32 Å². The summed E-state index contributed by atoms with van der Waals surface area (Å²) in [6, 6.07) is 13.1. The summed E-state index contributed by atoms with van der Waals surface area (Å²) < 4.78 is 12.2. The van der Waals surface area contributed by atoms with Gasteiger partial charge in [0.15, 0.2) is 11.5 Å². The number of ether oxygens (including phenoxy) is 2. The molecule has 0 saturated heterocycles. The minimum absolute atomic E-state index is 0.227. The molecule has 0 unspecified atom stereocenters. The molecule has 0 aromatic heterocycles. The molecule has 0 heterocycles. The normalized spacial score (nSPS) is 11.0. The van der Waals surface area contributed by atoms with Crippen molar-refractivity contribution in [3.63, 3.8) is 0 Å². The molecule has 2 rings (SSSR count). The van der Waals surface area contributed by atoms with Crippen LogP contribution in [0.25, 0.3) is 6.08 Å². The molecule has 27 heavy (non-hydrogen) atoms. The van der Waals surface area contributed by atoms with Gasteiger partial charge in [0.05, 0.1) is 11.1 Å². The molecule has 6 nitrogen and oxygen atoms in total. The lowest BCUT2D eigenvalue weighted by Gasteiger charge is -2.15. The first-order valence-corrected chi connectivity index (χ1v) is 9.05. The molecule has 1 amide bonds. The van der Waals surface area contributed by atoms with Crippen LogP contribution < -0.4 is 14.8 Å². The number of carbonyl (C=O) groups excluding carboxylic acids is 1. The van der Waals surface area contributed by atoms with Gasteiger partial charge in [-0.25, -0.2) is 4.79 Å². The van der Waals surface area contributed by atoms with Crippen LogP contribution in [0.5, 0.6) is 11.5 Å². The molecule has 7 heteroatoms. The Morgan fingerprint density at radius 3 is 2.48 bits per heavy atom. The summed E-state index contributed by atoms with van der Waals surface area (Å²) in [5.41, 5.74) is 1.33. The Morgan fingerprint density at radius 1 is 1.19 bits per heavy atom. The average Bonchev–Trinajstić information content (AvgIpc) is 2.61. The van der Waals surface area contributed by atoms with Crippen LogP contribution in [-0.2, 0) is 16.2 Å². The van der Waals surface area contributed by atoms with E-state index in [4.69, 9.17) is 9.47 Å². The number of nitrogens with one attached hydrogen (secondary N) is 1. The summed E-state index contributed by atoms with van der Waals surface area (Å²) in [7, 11) is 0. The van der Waals surface area contributed by atoms with Gasteiger partial charge in [-0.2, -0.15) is 0 Å². The number of halogens is 1. The van der Waals surface area contributed by atoms with Gasteiger partial charge in [-0.1, -0.05) is 30.3 Å². The molecule has 2 aromatic carbocycles. The van der Waals surface area contributed by atoms with Crippen molar-refractivity contribution < 1.29 is 24.2 Å². The van der Waals surface area contributed by atoms with Gasteiger partial charge in [-0.3, -0.25) is 4.79 Å². The first kappa shape index (κ1) is 20.5. The molecule has 0 aliphatic heterocycles. The maximum absolute atomic E-state index is 11.3. The fraction of sp³-hybridized carbons (Fsp3) is 0.200. The molecule has 0 fully saturated rings. The second-order valence-corrected chi connectivity index (χ2v) is 6.44. The van der Waals surface area contributed by atoms with E-state index in [1.165, 1.54) is 13.0 Å². The van der Waals surface area contributed by atoms with Crippen molar-refractivity contribution in [1.29, 1.82) is 0 Å². The number of hydrogen-bond acceptors (Lipinski definition) is 4. The van der Waals surface area contributed by atoms with Crippen molar-refractivity contribution in [3.8, 4) is 11.5 Å². The third-order valence-corrected chi connectivity index (χ3v) is 4.00. The maximum atomic E-state index is 11.3. The van der Waals surface area contributed by atoms with E-state index in [9.17, 15) is 14.7 Å². The van der Waals surface area contributed by atoms with Crippen LogP contribution in [0.2, 0.25) is 0 Å². The smallest absolute Gasteiger partial charge is 0.352 e. The zero-order valence-electron chi connectivity index (χ0n) is 15.0. The van der Waals surface area contributed by atoms with Gasteiger partial charge in [0, 0.05) is 6.92 Å². The predicted octanol–water partition coefficient (Wildman–Crippen LogP) is 3.99. The molecular weight excluding hydrogens is 414 g/mol. The maximum Gasteiger partial charge on any atom is 0.352 e. The van der Waals surface area contributed by atoms with Gasteiger partial charge in [0.25, 0.3) is 0 Å². The summed E-state index contributed by atoms with van der Waals surface area (Å²) in [5.74, 6) is -0.699. The van der Waals surface area contributed by atoms with Gasteiger partial charge in [0.2, 0.25) is 5.91 Å². The van der Waals surface area contributed by atoms with E-state index in [-0.39, 0.29) is 5.70 Å². The predicted molar refractivity (Wildman–Crippen MR) is 106 cm³/mol. The Bertz CT molecular complexity index is 849. The Labute approximate surface area is 165 Å². The summed E-state index contributed by atoms with van der Waals surface area (Å²) in [5, 5.41) is 11.5. The van der Waals surface area contributed by atoms with Crippen molar-refractivity contribution in [2.75, 3.05) is 6.61 Å². The Balaban J connectivity index is 2.34. The third kappa shape index (κ3) is 6.14. The summed E-state index contributed by atoms with van der Waals surface area (Å²) in [6.45, 7) is 3.87. The zero-order chi connectivity index (χ0) is 19.8. The Morgan fingerprint density at radius 2 is 1.89 bits per heavy atom. The molecule has 2 aromatic rings. The number of aliphatic carboxylic acids is 1. The quantitative estimate of drug-likeness (QED) is 0.614. The molecule has 2 N–H and O–H groups in total. The van der Waals surface area contributed by atoms with E-state index in [1.807, 2.05) is 37.3 Å². The number of carbonyl (C=O) groups is 2. The van der Waals surface area contributed by atoms with Crippen LogP contribution in [0.1, 0.15) is 25.0 Å². The molecule has 142 valence electrons. The van der Waals surface area contributed by atoms with E-state index in [1.54, 1.807) is 12.1 Å². The molecule has 0 aliphatic rings. The molecule has 0 bridgehead atoms. The second-order valence-electron chi connectivity index (χ2n) is 5.58. The largest absolute Gasteiger partial charge is 0.490 e. The number of carboxylic acids is 1. The minimum Gasteiger partial charge on any atom is -0.490 e. The third-order valence-electron chi connectivity index (χ3n) is 3.41. The highest BCUT2D eigenvalue weighted by molar-refractivity contribution is 9.10. The first-order chi connectivity index (χ1) is 12.9. The Hall–Kier alpha value is -2.80. The van der Waals surface area contributed by atoms with E-state index in [0.717, 1.165) is 5.56 Å². The van der Waals surface area contributed by atoms with Gasteiger partial charge >= 0.3 is 5.97 Å². The lowest BCUT2D eigenvalue weighted by molar-refractivity contribution is -0.134. The molecule has 0 spiro atoms. The Kier molecular flexibility index (Phi) is 7.43. The number of rotatable bonds is 8. The summed E-state index contributed by atoms with van der Waals surface area (Å²) >= 11 is 3.45.